The van der Waals surface area contributed by atoms with E-state index in [-0.39, 0.29) is 18.1 Å². The summed E-state index contributed by atoms with van der Waals surface area (Å²) in [4.78, 5) is 15.3. The van der Waals surface area contributed by atoms with E-state index in [0.717, 1.165) is 17.4 Å². The van der Waals surface area contributed by atoms with Crippen LogP contribution in [0.2, 0.25) is 0 Å². The Balaban J connectivity index is 3.03. The van der Waals surface area contributed by atoms with Crippen LogP contribution in [0.4, 0.5) is 0 Å². The molecule has 8 heteroatoms. The number of rotatable bonds is 7. The SMILES string of the molecule is CCS(=O)(=O)Cc1nc(COC)c(/C=C/C(=O)O)s1. The minimum atomic E-state index is -3.16. The summed E-state index contributed by atoms with van der Waals surface area (Å²) >= 11 is 1.16. The number of carbonyl (C=O) groups is 1. The molecule has 0 atom stereocenters. The number of ether oxygens (including phenoxy) is 1. The standard InChI is InChI=1S/C11H15NO5S2/c1-3-19(15,16)7-10-12-8(6-17-2)9(18-10)4-5-11(13)14/h4-5H,3,6-7H2,1-2H3,(H,13,14)/b5-4+. The molecule has 6 nitrogen and oxygen atoms in total. The second kappa shape index (κ2) is 6.78. The van der Waals surface area contributed by atoms with Crippen molar-refractivity contribution in [2.24, 2.45) is 0 Å². The summed E-state index contributed by atoms with van der Waals surface area (Å²) in [5.41, 5.74) is 0.548. The van der Waals surface area contributed by atoms with E-state index in [9.17, 15) is 13.2 Å². The van der Waals surface area contributed by atoms with Gasteiger partial charge in [0.1, 0.15) is 10.8 Å². The maximum atomic E-state index is 11.5. The lowest BCUT2D eigenvalue weighted by Gasteiger charge is -1.96. The molecule has 0 saturated carbocycles. The zero-order valence-corrected chi connectivity index (χ0v) is 12.3. The van der Waals surface area contributed by atoms with Gasteiger partial charge in [0.25, 0.3) is 0 Å². The lowest BCUT2D eigenvalue weighted by molar-refractivity contribution is -0.131. The first-order valence-electron chi connectivity index (χ1n) is 5.47. The van der Waals surface area contributed by atoms with Crippen LogP contribution in [0.3, 0.4) is 0 Å². The van der Waals surface area contributed by atoms with Gasteiger partial charge in [0.2, 0.25) is 0 Å². The summed E-state index contributed by atoms with van der Waals surface area (Å²) in [5, 5.41) is 9.04. The van der Waals surface area contributed by atoms with E-state index in [0.29, 0.717) is 15.6 Å². The first-order chi connectivity index (χ1) is 8.88. The third-order valence-corrected chi connectivity index (χ3v) is 5.05. The summed E-state index contributed by atoms with van der Waals surface area (Å²) < 4.78 is 28.0. The van der Waals surface area contributed by atoms with E-state index >= 15 is 0 Å². The number of carboxylic acid groups (broad SMARTS) is 1. The van der Waals surface area contributed by atoms with E-state index in [1.807, 2.05) is 0 Å². The third-order valence-electron chi connectivity index (χ3n) is 2.21. The number of carboxylic acids is 1. The van der Waals surface area contributed by atoms with Crippen LogP contribution in [0.5, 0.6) is 0 Å². The monoisotopic (exact) mass is 305 g/mol. The van der Waals surface area contributed by atoms with Gasteiger partial charge in [0, 0.05) is 18.9 Å². The first-order valence-corrected chi connectivity index (χ1v) is 8.10. The Bertz CT molecular complexity index is 574. The molecule has 0 radical (unpaired) electrons. The smallest absolute Gasteiger partial charge is 0.328 e. The summed E-state index contributed by atoms with van der Waals surface area (Å²) in [7, 11) is -1.66. The molecule has 0 fully saturated rings. The number of methoxy groups -OCH3 is 1. The molecule has 0 bridgehead atoms. The van der Waals surface area contributed by atoms with Crippen molar-refractivity contribution in [1.82, 2.24) is 4.98 Å². The summed E-state index contributed by atoms with van der Waals surface area (Å²) in [6, 6.07) is 0. The maximum Gasteiger partial charge on any atom is 0.328 e. The molecule has 0 aromatic carbocycles. The minimum absolute atomic E-state index is 0.0481. The van der Waals surface area contributed by atoms with Crippen molar-refractivity contribution in [3.63, 3.8) is 0 Å². The third kappa shape index (κ3) is 5.09. The van der Waals surface area contributed by atoms with Crippen LogP contribution in [-0.4, -0.2) is 37.3 Å². The molecule has 1 aromatic heterocycles. The van der Waals surface area contributed by atoms with Crippen molar-refractivity contribution in [1.29, 1.82) is 0 Å². The Morgan fingerprint density at radius 2 is 2.21 bits per heavy atom. The van der Waals surface area contributed by atoms with E-state index in [1.165, 1.54) is 13.2 Å². The van der Waals surface area contributed by atoms with Crippen molar-refractivity contribution in [2.45, 2.75) is 19.3 Å². The van der Waals surface area contributed by atoms with Gasteiger partial charge < -0.3 is 9.84 Å². The number of aliphatic carboxylic acids is 1. The number of nitrogens with zero attached hydrogens (tertiary/aromatic N) is 1. The minimum Gasteiger partial charge on any atom is -0.478 e. The van der Waals surface area contributed by atoms with Crippen LogP contribution in [-0.2, 0) is 31.7 Å². The number of sulfone groups is 1. The molecule has 1 rings (SSSR count). The van der Waals surface area contributed by atoms with Crippen LogP contribution in [0.1, 0.15) is 22.5 Å². The average Bonchev–Trinajstić information content (AvgIpc) is 2.68. The molecule has 0 aliphatic carbocycles. The van der Waals surface area contributed by atoms with Gasteiger partial charge in [-0.25, -0.2) is 18.2 Å². The van der Waals surface area contributed by atoms with Crippen LogP contribution in [0.25, 0.3) is 6.08 Å². The summed E-state index contributed by atoms with van der Waals surface area (Å²) in [5.74, 6) is -1.15. The summed E-state index contributed by atoms with van der Waals surface area (Å²) in [6.45, 7) is 1.78. The van der Waals surface area contributed by atoms with E-state index in [4.69, 9.17) is 9.84 Å². The number of hydrogen-bond acceptors (Lipinski definition) is 6. The van der Waals surface area contributed by atoms with Crippen LogP contribution >= 0.6 is 11.3 Å². The molecule has 1 N–H and O–H groups in total. The fourth-order valence-electron chi connectivity index (χ4n) is 1.28. The normalized spacial score (nSPS) is 12.1. The molecule has 106 valence electrons. The predicted molar refractivity (Wildman–Crippen MR) is 72.7 cm³/mol. The maximum absolute atomic E-state index is 11.5. The molecule has 1 heterocycles. The van der Waals surface area contributed by atoms with Gasteiger partial charge in [-0.05, 0) is 6.08 Å². The van der Waals surface area contributed by atoms with Crippen molar-refractivity contribution in [3.05, 3.63) is 21.7 Å². The Kier molecular flexibility index (Phi) is 5.64. The number of aromatic nitrogens is 1. The van der Waals surface area contributed by atoms with Crippen molar-refractivity contribution >= 4 is 33.2 Å². The average molecular weight is 305 g/mol. The molecule has 0 aliphatic rings. The van der Waals surface area contributed by atoms with Crippen LogP contribution < -0.4 is 0 Å². The van der Waals surface area contributed by atoms with Crippen LogP contribution in [0.15, 0.2) is 6.08 Å². The van der Waals surface area contributed by atoms with Crippen molar-refractivity contribution in [2.75, 3.05) is 12.9 Å². The molecule has 1 aromatic rings. The molecular formula is C11H15NO5S2. The molecule has 0 unspecified atom stereocenters. The molecule has 0 saturated heterocycles. The zero-order chi connectivity index (χ0) is 14.5. The lowest BCUT2D eigenvalue weighted by Crippen LogP contribution is -2.06. The second-order valence-electron chi connectivity index (χ2n) is 3.70. The Morgan fingerprint density at radius 1 is 1.53 bits per heavy atom. The molecule has 19 heavy (non-hydrogen) atoms. The highest BCUT2D eigenvalue weighted by molar-refractivity contribution is 7.90. The van der Waals surface area contributed by atoms with Gasteiger partial charge in [-0.3, -0.25) is 0 Å². The Morgan fingerprint density at radius 3 is 2.74 bits per heavy atom. The fourth-order valence-corrected chi connectivity index (χ4v) is 3.47. The first kappa shape index (κ1) is 15.8. The Hall–Kier alpha value is -1.25. The molecule has 0 spiro atoms. The van der Waals surface area contributed by atoms with Crippen LogP contribution in [0, 0.1) is 0 Å². The predicted octanol–water partition coefficient (Wildman–Crippen LogP) is 1.32. The van der Waals surface area contributed by atoms with Gasteiger partial charge in [-0.1, -0.05) is 6.92 Å². The number of thiazole rings is 1. The van der Waals surface area contributed by atoms with Gasteiger partial charge in [0.15, 0.2) is 9.84 Å². The van der Waals surface area contributed by atoms with Gasteiger partial charge in [0.05, 0.1) is 17.2 Å². The molecular weight excluding hydrogens is 290 g/mol. The highest BCUT2D eigenvalue weighted by atomic mass is 32.2. The van der Waals surface area contributed by atoms with E-state index in [1.54, 1.807) is 6.92 Å². The zero-order valence-electron chi connectivity index (χ0n) is 10.6. The molecule has 0 amide bonds. The summed E-state index contributed by atoms with van der Waals surface area (Å²) in [6.07, 6.45) is 2.39. The highest BCUT2D eigenvalue weighted by Gasteiger charge is 2.15. The van der Waals surface area contributed by atoms with Gasteiger partial charge in [-0.2, -0.15) is 0 Å². The largest absolute Gasteiger partial charge is 0.478 e. The fraction of sp³-hybridized carbons (Fsp3) is 0.455. The van der Waals surface area contributed by atoms with Gasteiger partial charge >= 0.3 is 5.97 Å². The van der Waals surface area contributed by atoms with Crippen molar-refractivity contribution in [3.8, 4) is 0 Å². The van der Waals surface area contributed by atoms with Gasteiger partial charge in [-0.15, -0.1) is 11.3 Å². The van der Waals surface area contributed by atoms with Crippen molar-refractivity contribution < 1.29 is 23.1 Å². The lowest BCUT2D eigenvalue weighted by atomic mass is 10.3. The van der Waals surface area contributed by atoms with E-state index < -0.39 is 15.8 Å². The highest BCUT2D eigenvalue weighted by Crippen LogP contribution is 2.23. The van der Waals surface area contributed by atoms with E-state index in [2.05, 4.69) is 4.98 Å². The number of hydrogen-bond donors (Lipinski definition) is 1. The molecule has 0 aliphatic heterocycles. The Labute approximate surface area is 115 Å². The second-order valence-corrected chi connectivity index (χ2v) is 7.17. The quantitative estimate of drug-likeness (QED) is 0.764. The topological polar surface area (TPSA) is 93.6 Å².